The van der Waals surface area contributed by atoms with Gasteiger partial charge in [0, 0.05) is 148 Å². The van der Waals surface area contributed by atoms with Crippen molar-refractivity contribution in [3.63, 3.8) is 0 Å². The van der Waals surface area contributed by atoms with Crippen LogP contribution in [0.25, 0.3) is 133 Å². The Bertz CT molecular complexity index is 7900. The molecule has 0 unspecified atom stereocenters. The number of aromatic nitrogens is 8. The highest BCUT2D eigenvalue weighted by atomic mass is 32.2. The van der Waals surface area contributed by atoms with E-state index in [0.717, 1.165) is 147 Å². The van der Waals surface area contributed by atoms with Crippen molar-refractivity contribution in [3.05, 3.63) is 384 Å². The third-order valence-corrected chi connectivity index (χ3v) is 34.3. The van der Waals surface area contributed by atoms with Crippen molar-refractivity contribution in [2.75, 3.05) is 25.0 Å². The van der Waals surface area contributed by atoms with E-state index in [1.54, 1.807) is 124 Å². The molecule has 0 saturated carbocycles. The molecule has 27 heteroatoms. The van der Waals surface area contributed by atoms with Gasteiger partial charge in [0.05, 0.1) is 46.8 Å². The molecule has 0 saturated heterocycles. The predicted molar refractivity (Wildman–Crippen MR) is 519 cm³/mol. The SMILES string of the molecule is CC(C)(c1cc(-c2cccc(-c3cc[n+]([O-])cc3)c2)c2ncccc2c1)S(C)(=O)=O.CC(C)(c1cc(-c2cccc(-c3ccc(S(=O)(=O)Cc4ccc(F)cc4)nc3)c2)c2ncccc2c1)S(C)(=O)=O.CC(C)(c1cc(-c2cccc(-c3ccc[n+]([O-])c3)c2)c2ncccc2c1)S(C)(=O)=O.Cc1ccc(-c2cccc(-c3cc(C(C)(C)S(C)(=O)=O)cc4cccnc34)c2)c[n+]1[O-]. The number of rotatable bonds is 19. The van der Waals surface area contributed by atoms with Gasteiger partial charge in [-0.2, -0.15) is 14.2 Å². The number of hydrogen-bond donors (Lipinski definition) is 0. The summed E-state index contributed by atoms with van der Waals surface area (Å²) in [4.78, 5) is 22.5. The van der Waals surface area contributed by atoms with Gasteiger partial charge in [0.15, 0.2) is 90.9 Å². The second-order valence-corrected chi connectivity index (χ2v) is 46.6. The van der Waals surface area contributed by atoms with Gasteiger partial charge in [0.2, 0.25) is 0 Å². The fourth-order valence-electron chi connectivity index (χ4n) is 14.9. The topological polar surface area (TPSA) is 316 Å². The van der Waals surface area contributed by atoms with Crippen molar-refractivity contribution in [1.82, 2.24) is 24.9 Å². The highest BCUT2D eigenvalue weighted by Crippen LogP contribution is 2.44. The Morgan fingerprint density at radius 3 is 0.954 bits per heavy atom. The van der Waals surface area contributed by atoms with Gasteiger partial charge in [-0.05, 0) is 267 Å². The Morgan fingerprint density at radius 2 is 0.626 bits per heavy atom. The highest BCUT2D eigenvalue weighted by Gasteiger charge is 2.37. The molecule has 17 rings (SSSR count). The van der Waals surface area contributed by atoms with Crippen LogP contribution in [0.15, 0.2) is 334 Å². The average Bonchev–Trinajstić information content (AvgIpc) is 0.769. The van der Waals surface area contributed by atoms with Crippen LogP contribution < -0.4 is 14.2 Å². The quantitative estimate of drug-likeness (QED) is 0.0536. The first kappa shape index (κ1) is 93.4. The van der Waals surface area contributed by atoms with Crippen LogP contribution in [0.5, 0.6) is 0 Å². The number of benzene rings is 9. The zero-order chi connectivity index (χ0) is 94.1. The van der Waals surface area contributed by atoms with E-state index in [4.69, 9.17) is 0 Å². The van der Waals surface area contributed by atoms with E-state index in [9.17, 15) is 62.1 Å². The van der Waals surface area contributed by atoms with E-state index in [1.807, 2.05) is 206 Å². The van der Waals surface area contributed by atoms with Crippen molar-refractivity contribution in [1.29, 1.82) is 0 Å². The minimum Gasteiger partial charge on any atom is -0.619 e. The molecule has 17 aromatic rings. The summed E-state index contributed by atoms with van der Waals surface area (Å²) < 4.78 is 137. The number of halogens is 1. The van der Waals surface area contributed by atoms with E-state index in [-0.39, 0.29) is 10.8 Å². The maximum atomic E-state index is 13.2. The van der Waals surface area contributed by atoms with Crippen molar-refractivity contribution >= 4 is 92.8 Å². The molecule has 0 aliphatic heterocycles. The number of aryl methyl sites for hydroxylation is 1. The molecule has 0 atom stereocenters. The summed E-state index contributed by atoms with van der Waals surface area (Å²) in [5, 5.41) is 38.5. The van der Waals surface area contributed by atoms with Gasteiger partial charge in [0.1, 0.15) is 5.82 Å². The minimum absolute atomic E-state index is 0.0670. The number of sulfone groups is 5. The third-order valence-electron chi connectivity index (χ3n) is 24.3. The van der Waals surface area contributed by atoms with Gasteiger partial charge in [-0.3, -0.25) is 19.9 Å². The molecule has 0 aliphatic rings. The second kappa shape index (κ2) is 36.7. The third kappa shape index (κ3) is 20.2. The lowest BCUT2D eigenvalue weighted by Crippen LogP contribution is -2.29. The van der Waals surface area contributed by atoms with E-state index in [0.29, 0.717) is 33.5 Å². The predicted octanol–water partition coefficient (Wildman–Crippen LogP) is 20.1. The molecule has 0 spiro atoms. The molecule has 21 nitrogen and oxygen atoms in total. The number of nitrogens with zero attached hydrogens (tertiary/aromatic N) is 8. The largest absolute Gasteiger partial charge is 0.619 e. The number of pyridine rings is 8. The molecule has 666 valence electrons. The Hall–Kier alpha value is -13.7. The first-order valence-electron chi connectivity index (χ1n) is 41.6. The summed E-state index contributed by atoms with van der Waals surface area (Å²) in [5.41, 5.74) is 20.8. The molecule has 131 heavy (non-hydrogen) atoms. The molecule has 9 aromatic carbocycles. The monoisotopic (exact) mass is 1840 g/mol. The highest BCUT2D eigenvalue weighted by molar-refractivity contribution is 7.92. The van der Waals surface area contributed by atoms with Gasteiger partial charge in [-0.1, -0.05) is 109 Å². The van der Waals surface area contributed by atoms with Gasteiger partial charge in [0.25, 0.3) is 0 Å². The number of fused-ring (bicyclic) bond motifs is 4. The first-order valence-corrected chi connectivity index (χ1v) is 50.8. The molecule has 0 radical (unpaired) electrons. The Kier molecular flexibility index (Phi) is 26.2. The fraction of sp³-hybridized carbons (Fsp3) is 0.173. The molecule has 0 aliphatic carbocycles. The van der Waals surface area contributed by atoms with Crippen LogP contribution in [-0.2, 0) is 73.9 Å². The summed E-state index contributed by atoms with van der Waals surface area (Å²) in [6, 6.07) is 80.9. The summed E-state index contributed by atoms with van der Waals surface area (Å²) in [7, 11) is -17.1. The maximum Gasteiger partial charge on any atom is 0.199 e. The smallest absolute Gasteiger partial charge is 0.199 e. The zero-order valence-corrected chi connectivity index (χ0v) is 78.3. The normalized spacial score (nSPS) is 12.3. The van der Waals surface area contributed by atoms with E-state index in [2.05, 4.69) is 24.9 Å². The van der Waals surface area contributed by atoms with Crippen LogP contribution in [0.2, 0.25) is 0 Å². The lowest BCUT2D eigenvalue weighted by Gasteiger charge is -2.24. The Morgan fingerprint density at radius 1 is 0.305 bits per heavy atom. The Balaban J connectivity index is 0.000000142. The summed E-state index contributed by atoms with van der Waals surface area (Å²) >= 11 is 0. The van der Waals surface area contributed by atoms with Crippen molar-refractivity contribution in [2.45, 2.75) is 92.1 Å². The van der Waals surface area contributed by atoms with Crippen molar-refractivity contribution in [2.24, 2.45) is 0 Å². The van der Waals surface area contributed by atoms with Crippen LogP contribution >= 0.6 is 0 Å². The molecule has 8 heterocycles. The Labute approximate surface area is 762 Å². The molecule has 0 N–H and O–H groups in total. The van der Waals surface area contributed by atoms with Gasteiger partial charge in [-0.25, -0.2) is 51.5 Å². The molecular formula is C104H95FN8O13S5. The molecular weight excluding hydrogens is 1750 g/mol. The van der Waals surface area contributed by atoms with Crippen LogP contribution in [0, 0.1) is 28.4 Å². The molecule has 8 aromatic heterocycles. The number of hydrogen-bond acceptors (Lipinski definition) is 18. The maximum absolute atomic E-state index is 13.2. The van der Waals surface area contributed by atoms with Crippen molar-refractivity contribution < 1.29 is 60.7 Å². The first-order chi connectivity index (χ1) is 61.8. The van der Waals surface area contributed by atoms with Crippen LogP contribution in [0.3, 0.4) is 0 Å². The van der Waals surface area contributed by atoms with E-state index < -0.39 is 74.0 Å². The fourth-order valence-corrected chi connectivity index (χ4v) is 18.4. The average molecular weight is 1840 g/mol. The zero-order valence-electron chi connectivity index (χ0n) is 74.2. The van der Waals surface area contributed by atoms with E-state index >= 15 is 0 Å². The standard InChI is InChI=1S/C31H27FN2O4S2.C25H24N2O3S.2C24H22N2O3S/c1-31(2,39(3,35)36)26-17-24-8-5-15-33-30(24)28(18-26)23-7-4-6-22(16-23)25-11-14-29(34-19-25)40(37,38)20-21-9-12-27(32)13-10-21;1-17-10-11-21(16-27(17)28)18-7-5-8-19(13-18)23-15-22(25(2,3)31(4,29)30)14-20-9-6-12-26-24(20)23;1-24(2,30(3,28)29)21-14-19-9-5-11-25-23(19)22(15-21)18-8-4-7-17(13-18)20-10-6-12-26(27)16-20;1-24(2,30(3,28)29)21-15-20-8-5-11-25-23(20)22(16-21)19-7-4-6-18(14-19)17-9-12-26(27)13-10-17/h4-19H,20H2,1-3H3;5-16H,1-4H3;2*4-16H,1-3H3. The van der Waals surface area contributed by atoms with Gasteiger partial charge >= 0.3 is 0 Å². The van der Waals surface area contributed by atoms with Gasteiger partial charge in [-0.15, -0.1) is 0 Å². The summed E-state index contributed by atoms with van der Waals surface area (Å²) in [6.07, 6.45) is 20.9. The van der Waals surface area contributed by atoms with E-state index in [1.165, 1.54) is 86.3 Å². The molecule has 0 fully saturated rings. The lowest BCUT2D eigenvalue weighted by atomic mass is 9.92. The molecule has 0 amide bonds. The second-order valence-electron chi connectivity index (χ2n) is 34.4. The van der Waals surface area contributed by atoms with Crippen LogP contribution in [0.1, 0.15) is 88.9 Å². The van der Waals surface area contributed by atoms with Gasteiger partial charge < -0.3 is 15.6 Å². The summed E-state index contributed by atoms with van der Waals surface area (Å²) in [6.45, 7) is 15.5. The minimum atomic E-state index is -3.72. The van der Waals surface area contributed by atoms with Crippen LogP contribution in [-0.4, -0.2) is 92.0 Å². The van der Waals surface area contributed by atoms with Crippen LogP contribution in [0.4, 0.5) is 4.39 Å². The lowest BCUT2D eigenvalue weighted by molar-refractivity contribution is -0.611. The summed E-state index contributed by atoms with van der Waals surface area (Å²) in [5.74, 6) is -0.713. The molecule has 0 bridgehead atoms. The van der Waals surface area contributed by atoms with Crippen molar-refractivity contribution in [3.8, 4) is 89.0 Å².